The number of esters is 3. The van der Waals surface area contributed by atoms with E-state index in [1.54, 1.807) is 0 Å². The lowest BCUT2D eigenvalue weighted by Gasteiger charge is -2.18. The van der Waals surface area contributed by atoms with Gasteiger partial charge in [-0.3, -0.25) is 14.4 Å². The van der Waals surface area contributed by atoms with Gasteiger partial charge in [0, 0.05) is 19.3 Å². The molecule has 0 bridgehead atoms. The molecule has 61 heavy (non-hydrogen) atoms. The molecule has 0 saturated carbocycles. The molecule has 1 atom stereocenters. The van der Waals surface area contributed by atoms with Crippen LogP contribution in [-0.2, 0) is 28.6 Å². The SMILES string of the molecule is CC(C)CCCCCCCCCCCCCCCC(=O)OC[C@H](COC(=O)CCCCCCCCCCCC(C)C)OC(=O)CCCCCCCCCCCCCCC(C)C. The van der Waals surface area contributed by atoms with E-state index >= 15 is 0 Å². The van der Waals surface area contributed by atoms with Crippen LogP contribution in [-0.4, -0.2) is 37.2 Å². The molecule has 0 aliphatic heterocycles. The normalized spacial score (nSPS) is 12.1. The Labute approximate surface area is 380 Å². The largest absolute Gasteiger partial charge is 0.462 e. The fourth-order valence-electron chi connectivity index (χ4n) is 8.29. The molecule has 0 fully saturated rings. The van der Waals surface area contributed by atoms with Crippen LogP contribution in [0.15, 0.2) is 0 Å². The van der Waals surface area contributed by atoms with Gasteiger partial charge in [-0.25, -0.2) is 0 Å². The van der Waals surface area contributed by atoms with Crippen LogP contribution in [0.1, 0.15) is 298 Å². The van der Waals surface area contributed by atoms with E-state index in [-0.39, 0.29) is 31.1 Å². The number of carbonyl (C=O) groups is 3. The molecule has 0 aromatic carbocycles. The predicted molar refractivity (Wildman–Crippen MR) is 261 cm³/mol. The van der Waals surface area contributed by atoms with Crippen molar-refractivity contribution in [2.45, 2.75) is 304 Å². The summed E-state index contributed by atoms with van der Waals surface area (Å²) >= 11 is 0. The number of hydrogen-bond donors (Lipinski definition) is 0. The van der Waals surface area contributed by atoms with Gasteiger partial charge in [-0.1, -0.05) is 260 Å². The molecule has 0 heterocycles. The molecular formula is C55H106O6. The lowest BCUT2D eigenvalue weighted by atomic mass is 10.0. The summed E-state index contributed by atoms with van der Waals surface area (Å²) in [5, 5.41) is 0. The number of unbranched alkanes of at least 4 members (excludes halogenated alkanes) is 31. The minimum absolute atomic E-state index is 0.0643. The first-order valence-corrected chi connectivity index (χ1v) is 27.1. The van der Waals surface area contributed by atoms with Crippen LogP contribution < -0.4 is 0 Å². The Hall–Kier alpha value is -1.59. The van der Waals surface area contributed by atoms with Crippen LogP contribution in [0.2, 0.25) is 0 Å². The molecule has 6 heteroatoms. The van der Waals surface area contributed by atoms with Gasteiger partial charge in [0.15, 0.2) is 6.10 Å². The minimum Gasteiger partial charge on any atom is -0.462 e. The molecule has 0 aliphatic rings. The van der Waals surface area contributed by atoms with E-state index in [9.17, 15) is 14.4 Å². The first-order chi connectivity index (χ1) is 29.6. The van der Waals surface area contributed by atoms with Crippen LogP contribution in [0.5, 0.6) is 0 Å². The van der Waals surface area contributed by atoms with E-state index in [2.05, 4.69) is 41.5 Å². The van der Waals surface area contributed by atoms with Crippen molar-refractivity contribution in [1.29, 1.82) is 0 Å². The fourth-order valence-corrected chi connectivity index (χ4v) is 8.29. The molecule has 0 rings (SSSR count). The average molecular weight is 863 g/mol. The Balaban J connectivity index is 4.31. The highest BCUT2D eigenvalue weighted by atomic mass is 16.6. The third kappa shape index (κ3) is 49.3. The second-order valence-electron chi connectivity index (χ2n) is 20.3. The molecule has 0 radical (unpaired) electrons. The summed E-state index contributed by atoms with van der Waals surface area (Å²) in [6, 6.07) is 0. The summed E-state index contributed by atoms with van der Waals surface area (Å²) in [6.45, 7) is 13.7. The summed E-state index contributed by atoms with van der Waals surface area (Å²) in [4.78, 5) is 38.0. The van der Waals surface area contributed by atoms with Crippen molar-refractivity contribution >= 4 is 17.9 Å². The molecule has 0 aromatic heterocycles. The fraction of sp³-hybridized carbons (Fsp3) is 0.945. The number of ether oxygens (including phenoxy) is 3. The molecule has 0 unspecified atom stereocenters. The van der Waals surface area contributed by atoms with Gasteiger partial charge in [0.2, 0.25) is 0 Å². The first kappa shape index (κ1) is 59.4. The molecule has 0 saturated heterocycles. The Bertz CT molecular complexity index is 945. The van der Waals surface area contributed by atoms with Crippen LogP contribution >= 0.6 is 0 Å². The number of hydrogen-bond acceptors (Lipinski definition) is 6. The highest BCUT2D eigenvalue weighted by Gasteiger charge is 2.19. The quantitative estimate of drug-likeness (QED) is 0.0344. The average Bonchev–Trinajstić information content (AvgIpc) is 3.22. The molecule has 6 nitrogen and oxygen atoms in total. The Morgan fingerprint density at radius 3 is 0.705 bits per heavy atom. The van der Waals surface area contributed by atoms with E-state index < -0.39 is 6.10 Å². The lowest BCUT2D eigenvalue weighted by Crippen LogP contribution is -2.30. The molecule has 0 amide bonds. The molecule has 0 aliphatic carbocycles. The van der Waals surface area contributed by atoms with Crippen LogP contribution in [0.3, 0.4) is 0 Å². The zero-order chi connectivity index (χ0) is 44.9. The van der Waals surface area contributed by atoms with Crippen LogP contribution in [0.4, 0.5) is 0 Å². The van der Waals surface area contributed by atoms with Crippen molar-refractivity contribution in [2.75, 3.05) is 13.2 Å². The van der Waals surface area contributed by atoms with Gasteiger partial charge in [0.25, 0.3) is 0 Å². The van der Waals surface area contributed by atoms with Crippen LogP contribution in [0, 0.1) is 17.8 Å². The lowest BCUT2D eigenvalue weighted by molar-refractivity contribution is -0.167. The smallest absolute Gasteiger partial charge is 0.306 e. The number of rotatable bonds is 48. The highest BCUT2D eigenvalue weighted by molar-refractivity contribution is 5.71. The van der Waals surface area contributed by atoms with Crippen molar-refractivity contribution in [3.05, 3.63) is 0 Å². The van der Waals surface area contributed by atoms with E-state index in [4.69, 9.17) is 14.2 Å². The van der Waals surface area contributed by atoms with Crippen molar-refractivity contribution in [1.82, 2.24) is 0 Å². The van der Waals surface area contributed by atoms with Gasteiger partial charge in [0.1, 0.15) is 13.2 Å². The summed E-state index contributed by atoms with van der Waals surface area (Å²) in [5.41, 5.74) is 0. The number of carbonyl (C=O) groups excluding carboxylic acids is 3. The van der Waals surface area contributed by atoms with E-state index in [0.717, 1.165) is 75.5 Å². The van der Waals surface area contributed by atoms with Gasteiger partial charge in [-0.2, -0.15) is 0 Å². The summed E-state index contributed by atoms with van der Waals surface area (Å²) in [5.74, 6) is 1.63. The van der Waals surface area contributed by atoms with Crippen molar-refractivity contribution < 1.29 is 28.6 Å². The van der Waals surface area contributed by atoms with Crippen LogP contribution in [0.25, 0.3) is 0 Å². The van der Waals surface area contributed by atoms with E-state index in [1.807, 2.05) is 0 Å². The Kier molecular flexibility index (Phi) is 45.2. The zero-order valence-corrected chi connectivity index (χ0v) is 42.0. The monoisotopic (exact) mass is 863 g/mol. The van der Waals surface area contributed by atoms with Crippen molar-refractivity contribution in [3.63, 3.8) is 0 Å². The predicted octanol–water partition coefficient (Wildman–Crippen LogP) is 17.6. The van der Waals surface area contributed by atoms with Crippen molar-refractivity contribution in [2.24, 2.45) is 17.8 Å². The van der Waals surface area contributed by atoms with Gasteiger partial charge >= 0.3 is 17.9 Å². The topological polar surface area (TPSA) is 78.9 Å². The maximum absolute atomic E-state index is 12.8. The van der Waals surface area contributed by atoms with Crippen molar-refractivity contribution in [3.8, 4) is 0 Å². The minimum atomic E-state index is -0.763. The third-order valence-electron chi connectivity index (χ3n) is 12.4. The van der Waals surface area contributed by atoms with Gasteiger partial charge in [0.05, 0.1) is 0 Å². The highest BCUT2D eigenvalue weighted by Crippen LogP contribution is 2.18. The second kappa shape index (κ2) is 46.4. The summed E-state index contributed by atoms with van der Waals surface area (Å²) < 4.78 is 16.8. The molecule has 0 aromatic rings. The van der Waals surface area contributed by atoms with E-state index in [1.165, 1.54) is 180 Å². The zero-order valence-electron chi connectivity index (χ0n) is 42.0. The van der Waals surface area contributed by atoms with Gasteiger partial charge in [-0.05, 0) is 37.0 Å². The molecule has 362 valence electrons. The van der Waals surface area contributed by atoms with E-state index in [0.29, 0.717) is 19.3 Å². The first-order valence-electron chi connectivity index (χ1n) is 27.1. The van der Waals surface area contributed by atoms with Gasteiger partial charge < -0.3 is 14.2 Å². The maximum Gasteiger partial charge on any atom is 0.306 e. The molecular weight excluding hydrogens is 757 g/mol. The standard InChI is InChI=1S/C55H106O6/c1-49(2)41-35-29-23-17-12-8-7-9-14-20-26-32-38-44-53(56)59-47-52(48-60-54(57)45-39-33-27-22-16-19-25-31-37-43-51(5)6)61-55(58)46-40-34-28-21-15-11-10-13-18-24-30-36-42-50(3)4/h49-52H,7-48H2,1-6H3/t52-/m1/s1. The van der Waals surface area contributed by atoms with Gasteiger partial charge in [-0.15, -0.1) is 0 Å². The Morgan fingerprint density at radius 1 is 0.279 bits per heavy atom. The summed E-state index contributed by atoms with van der Waals surface area (Å²) in [7, 11) is 0. The molecule has 0 N–H and O–H groups in total. The Morgan fingerprint density at radius 2 is 0.475 bits per heavy atom. The molecule has 0 spiro atoms. The second-order valence-corrected chi connectivity index (χ2v) is 20.3. The summed E-state index contributed by atoms with van der Waals surface area (Å²) in [6.07, 6.45) is 46.6. The maximum atomic E-state index is 12.8. The third-order valence-corrected chi connectivity index (χ3v) is 12.4.